The van der Waals surface area contributed by atoms with Gasteiger partial charge in [-0.2, -0.15) is 16.1 Å². The first-order chi connectivity index (χ1) is 10.8. The summed E-state index contributed by atoms with van der Waals surface area (Å²) >= 11 is 1.55. The molecular weight excluding hydrogens is 338 g/mol. The molecule has 1 aliphatic heterocycles. The van der Waals surface area contributed by atoms with Crippen LogP contribution in [0.3, 0.4) is 0 Å². The van der Waals surface area contributed by atoms with Gasteiger partial charge in [0.15, 0.2) is 0 Å². The number of nitrogens with zero attached hydrogens (tertiary/aromatic N) is 1. The average Bonchev–Trinajstić information content (AvgIpc) is 2.53. The molecule has 1 saturated heterocycles. The number of benzene rings is 1. The summed E-state index contributed by atoms with van der Waals surface area (Å²) in [5, 5.41) is 0. The highest BCUT2D eigenvalue weighted by Crippen LogP contribution is 2.31. The third-order valence-corrected chi connectivity index (χ3v) is 7.03. The van der Waals surface area contributed by atoms with Crippen LogP contribution in [0.2, 0.25) is 0 Å². The van der Waals surface area contributed by atoms with E-state index in [0.717, 1.165) is 0 Å². The molecule has 0 aromatic heterocycles. The number of ether oxygens (including phenoxy) is 2. The number of hydrogen-bond acceptors (Lipinski definition) is 6. The SMILES string of the molecule is COC(=O)C1CSCCN1S(=O)(=O)c1c(C)cc(OC)cc1C. The fourth-order valence-corrected chi connectivity index (χ4v) is 5.99. The van der Waals surface area contributed by atoms with Crippen LogP contribution in [0.1, 0.15) is 11.1 Å². The maximum atomic E-state index is 13.1. The van der Waals surface area contributed by atoms with Crippen molar-refractivity contribution in [2.45, 2.75) is 24.8 Å². The van der Waals surface area contributed by atoms with Gasteiger partial charge in [0.2, 0.25) is 10.0 Å². The monoisotopic (exact) mass is 359 g/mol. The molecule has 0 aliphatic carbocycles. The van der Waals surface area contributed by atoms with Crippen LogP contribution in [-0.4, -0.2) is 57.0 Å². The zero-order valence-electron chi connectivity index (χ0n) is 13.7. The highest BCUT2D eigenvalue weighted by Gasteiger charge is 2.39. The number of carbonyl (C=O) groups excluding carboxylic acids is 1. The third-order valence-electron chi connectivity index (χ3n) is 3.79. The third kappa shape index (κ3) is 3.49. The van der Waals surface area contributed by atoms with Gasteiger partial charge >= 0.3 is 5.97 Å². The molecule has 128 valence electrons. The van der Waals surface area contributed by atoms with Crippen LogP contribution in [-0.2, 0) is 19.6 Å². The normalized spacial score (nSPS) is 19.4. The summed E-state index contributed by atoms with van der Waals surface area (Å²) in [4.78, 5) is 12.2. The van der Waals surface area contributed by atoms with Crippen LogP contribution >= 0.6 is 11.8 Å². The number of esters is 1. The van der Waals surface area contributed by atoms with E-state index in [0.29, 0.717) is 28.4 Å². The van der Waals surface area contributed by atoms with Crippen LogP contribution in [0.25, 0.3) is 0 Å². The maximum Gasteiger partial charge on any atom is 0.325 e. The van der Waals surface area contributed by atoms with Crippen molar-refractivity contribution in [3.8, 4) is 5.75 Å². The zero-order chi connectivity index (χ0) is 17.2. The molecule has 0 amide bonds. The first kappa shape index (κ1) is 18.1. The minimum atomic E-state index is -3.79. The molecule has 0 bridgehead atoms. The Morgan fingerprint density at radius 2 is 1.87 bits per heavy atom. The highest BCUT2D eigenvalue weighted by atomic mass is 32.2. The van der Waals surface area contributed by atoms with Crippen molar-refractivity contribution in [3.05, 3.63) is 23.3 Å². The topological polar surface area (TPSA) is 72.9 Å². The van der Waals surface area contributed by atoms with E-state index in [9.17, 15) is 13.2 Å². The van der Waals surface area contributed by atoms with Gasteiger partial charge in [0.25, 0.3) is 0 Å². The summed E-state index contributed by atoms with van der Waals surface area (Å²) in [5.74, 6) is 1.14. The molecule has 1 aromatic rings. The molecule has 0 spiro atoms. The van der Waals surface area contributed by atoms with Crippen molar-refractivity contribution < 1.29 is 22.7 Å². The molecule has 0 radical (unpaired) electrons. The van der Waals surface area contributed by atoms with E-state index in [2.05, 4.69) is 0 Å². The van der Waals surface area contributed by atoms with Gasteiger partial charge in [-0.3, -0.25) is 4.79 Å². The van der Waals surface area contributed by atoms with Crippen molar-refractivity contribution in [2.75, 3.05) is 32.3 Å². The number of aryl methyl sites for hydroxylation is 2. The largest absolute Gasteiger partial charge is 0.497 e. The Morgan fingerprint density at radius 1 is 1.26 bits per heavy atom. The minimum absolute atomic E-state index is 0.235. The summed E-state index contributed by atoms with van der Waals surface area (Å²) in [5.41, 5.74) is 1.20. The first-order valence-electron chi connectivity index (χ1n) is 7.15. The lowest BCUT2D eigenvalue weighted by atomic mass is 10.1. The molecule has 1 unspecified atom stereocenters. The quantitative estimate of drug-likeness (QED) is 0.760. The number of rotatable bonds is 4. The molecule has 23 heavy (non-hydrogen) atoms. The van der Waals surface area contributed by atoms with Crippen LogP contribution < -0.4 is 4.74 Å². The lowest BCUT2D eigenvalue weighted by molar-refractivity contribution is -0.144. The second-order valence-corrected chi connectivity index (χ2v) is 8.30. The Hall–Kier alpha value is -1.25. The number of carbonyl (C=O) groups is 1. The number of hydrogen-bond donors (Lipinski definition) is 0. The summed E-state index contributed by atoms with van der Waals surface area (Å²) in [6, 6.07) is 2.59. The molecule has 2 rings (SSSR count). The second-order valence-electron chi connectivity index (χ2n) is 5.32. The second kappa shape index (κ2) is 7.11. The van der Waals surface area contributed by atoms with Gasteiger partial charge in [-0.25, -0.2) is 8.42 Å². The van der Waals surface area contributed by atoms with Crippen molar-refractivity contribution in [2.24, 2.45) is 0 Å². The Labute approximate surface area is 141 Å². The van der Waals surface area contributed by atoms with Crippen molar-refractivity contribution >= 4 is 27.8 Å². The number of sulfonamides is 1. The molecule has 1 heterocycles. The van der Waals surface area contributed by atoms with Crippen LogP contribution in [0.5, 0.6) is 5.75 Å². The van der Waals surface area contributed by atoms with E-state index < -0.39 is 22.0 Å². The molecule has 6 nitrogen and oxygen atoms in total. The van der Waals surface area contributed by atoms with Crippen LogP contribution in [0, 0.1) is 13.8 Å². The minimum Gasteiger partial charge on any atom is -0.497 e. The van der Waals surface area contributed by atoms with Crippen LogP contribution in [0.15, 0.2) is 17.0 Å². The molecule has 1 aromatic carbocycles. The predicted octanol–water partition coefficient (Wildman–Crippen LogP) is 1.59. The van der Waals surface area contributed by atoms with Crippen molar-refractivity contribution in [3.63, 3.8) is 0 Å². The maximum absolute atomic E-state index is 13.1. The van der Waals surface area contributed by atoms with Gasteiger partial charge in [0, 0.05) is 18.1 Å². The van der Waals surface area contributed by atoms with Gasteiger partial charge < -0.3 is 9.47 Å². The standard InChI is InChI=1S/C15H21NO5S2/c1-10-7-12(20-3)8-11(2)14(10)23(18,19)16-5-6-22-9-13(16)15(17)21-4/h7-8,13H,5-6,9H2,1-4H3. The molecule has 1 aliphatic rings. The van der Waals surface area contributed by atoms with E-state index in [-0.39, 0.29) is 11.4 Å². The lowest BCUT2D eigenvalue weighted by Crippen LogP contribution is -2.50. The van der Waals surface area contributed by atoms with E-state index in [1.54, 1.807) is 37.7 Å². The molecule has 1 fully saturated rings. The smallest absolute Gasteiger partial charge is 0.325 e. The summed E-state index contributed by atoms with van der Waals surface area (Å²) in [7, 11) is -0.976. The Balaban J connectivity index is 2.50. The Bertz CT molecular complexity index is 679. The van der Waals surface area contributed by atoms with Crippen LogP contribution in [0.4, 0.5) is 0 Å². The Kier molecular flexibility index (Phi) is 5.59. The number of thioether (sulfide) groups is 1. The van der Waals surface area contributed by atoms with Gasteiger partial charge in [0.1, 0.15) is 11.8 Å². The van der Waals surface area contributed by atoms with Gasteiger partial charge in [-0.05, 0) is 37.1 Å². The molecule has 0 saturated carbocycles. The van der Waals surface area contributed by atoms with Crippen molar-refractivity contribution in [1.29, 1.82) is 0 Å². The highest BCUT2D eigenvalue weighted by molar-refractivity contribution is 7.99. The fraction of sp³-hybridized carbons (Fsp3) is 0.533. The van der Waals surface area contributed by atoms with Gasteiger partial charge in [0.05, 0.1) is 19.1 Å². The zero-order valence-corrected chi connectivity index (χ0v) is 15.3. The summed E-state index contributed by atoms with van der Waals surface area (Å²) < 4.78 is 37.5. The predicted molar refractivity (Wildman–Crippen MR) is 89.5 cm³/mol. The molecule has 8 heteroatoms. The number of methoxy groups -OCH3 is 2. The molecule has 1 atom stereocenters. The first-order valence-corrected chi connectivity index (χ1v) is 9.75. The van der Waals surface area contributed by atoms with E-state index in [4.69, 9.17) is 9.47 Å². The average molecular weight is 359 g/mol. The van der Waals surface area contributed by atoms with E-state index >= 15 is 0 Å². The lowest BCUT2D eigenvalue weighted by Gasteiger charge is -2.33. The Morgan fingerprint density at radius 3 is 2.39 bits per heavy atom. The van der Waals surface area contributed by atoms with E-state index in [1.807, 2.05) is 0 Å². The van der Waals surface area contributed by atoms with Crippen molar-refractivity contribution in [1.82, 2.24) is 4.31 Å². The molecular formula is C15H21NO5S2. The summed E-state index contributed by atoms with van der Waals surface area (Å²) in [6.45, 7) is 3.75. The van der Waals surface area contributed by atoms with E-state index in [1.165, 1.54) is 18.5 Å². The molecule has 0 N–H and O–H groups in total. The summed E-state index contributed by atoms with van der Waals surface area (Å²) in [6.07, 6.45) is 0. The fourth-order valence-electron chi connectivity index (χ4n) is 2.75. The van der Waals surface area contributed by atoms with Gasteiger partial charge in [-0.15, -0.1) is 0 Å². The van der Waals surface area contributed by atoms with Gasteiger partial charge in [-0.1, -0.05) is 0 Å².